The monoisotopic (exact) mass is 398 g/mol. The molecule has 0 unspecified atom stereocenters. The van der Waals surface area contributed by atoms with Gasteiger partial charge >= 0.3 is 0 Å². The molecule has 134 valence electrons. The van der Waals surface area contributed by atoms with Gasteiger partial charge < -0.3 is 20.7 Å². The maximum absolute atomic E-state index is 12.0. The number of nitrogens with zero attached hydrogens (tertiary/aromatic N) is 1. The van der Waals surface area contributed by atoms with E-state index in [1.54, 1.807) is 13.1 Å². The quantitative estimate of drug-likeness (QED) is 0.320. The summed E-state index contributed by atoms with van der Waals surface area (Å²) in [6.07, 6.45) is 1.76. The Labute approximate surface area is 152 Å². The molecule has 6 nitrogen and oxygen atoms in total. The first-order chi connectivity index (χ1) is 11.7. The molecule has 0 saturated carbocycles. The van der Waals surface area contributed by atoms with Gasteiger partial charge in [0.25, 0.3) is 5.91 Å². The standard InChI is InChI=1S/C17H27BrN4O2/c1-3-24-12-6-11-22-17(19-2)21-10-5-9-20-16(23)14-7-4-8-15(18)13-14/h4,7-8,13H,3,5-6,9-12H2,1-2H3,(H,20,23)(H2,19,21,22). The molecule has 0 radical (unpaired) electrons. The minimum Gasteiger partial charge on any atom is -0.382 e. The third-order valence-corrected chi connectivity index (χ3v) is 3.70. The van der Waals surface area contributed by atoms with Crippen LogP contribution in [-0.2, 0) is 4.74 Å². The molecule has 0 bridgehead atoms. The van der Waals surface area contributed by atoms with E-state index in [1.165, 1.54) is 0 Å². The molecule has 0 aromatic heterocycles. The van der Waals surface area contributed by atoms with Crippen LogP contribution in [0.3, 0.4) is 0 Å². The number of halogens is 1. The summed E-state index contributed by atoms with van der Waals surface area (Å²) < 4.78 is 6.18. The molecule has 1 aromatic carbocycles. The summed E-state index contributed by atoms with van der Waals surface area (Å²) in [6.45, 7) is 5.66. The first-order valence-electron chi connectivity index (χ1n) is 8.23. The van der Waals surface area contributed by atoms with Gasteiger partial charge in [-0.05, 0) is 38.0 Å². The van der Waals surface area contributed by atoms with E-state index in [-0.39, 0.29) is 5.91 Å². The lowest BCUT2D eigenvalue weighted by molar-refractivity contribution is 0.0953. The molecule has 0 fully saturated rings. The summed E-state index contributed by atoms with van der Waals surface area (Å²) >= 11 is 3.36. The summed E-state index contributed by atoms with van der Waals surface area (Å²) in [7, 11) is 1.74. The number of carbonyl (C=O) groups is 1. The molecular weight excluding hydrogens is 372 g/mol. The Balaban J connectivity index is 2.12. The fraction of sp³-hybridized carbons (Fsp3) is 0.529. The zero-order valence-electron chi connectivity index (χ0n) is 14.4. The van der Waals surface area contributed by atoms with Crippen molar-refractivity contribution in [2.45, 2.75) is 19.8 Å². The number of nitrogens with one attached hydrogen (secondary N) is 3. The number of rotatable bonds is 10. The van der Waals surface area contributed by atoms with Crippen LogP contribution >= 0.6 is 15.9 Å². The average molecular weight is 399 g/mol. The van der Waals surface area contributed by atoms with Crippen molar-refractivity contribution in [1.82, 2.24) is 16.0 Å². The SMILES string of the molecule is CCOCCCNC(=NC)NCCCNC(=O)c1cccc(Br)c1. The minimum absolute atomic E-state index is 0.0604. The van der Waals surface area contributed by atoms with E-state index in [9.17, 15) is 4.79 Å². The average Bonchev–Trinajstić information content (AvgIpc) is 2.59. The normalized spacial score (nSPS) is 11.2. The molecule has 24 heavy (non-hydrogen) atoms. The van der Waals surface area contributed by atoms with Crippen LogP contribution in [0.15, 0.2) is 33.7 Å². The molecule has 0 aliphatic heterocycles. The number of benzene rings is 1. The predicted molar refractivity (Wildman–Crippen MR) is 102 cm³/mol. The van der Waals surface area contributed by atoms with E-state index >= 15 is 0 Å². The van der Waals surface area contributed by atoms with Gasteiger partial charge in [-0.15, -0.1) is 0 Å². The van der Waals surface area contributed by atoms with Gasteiger partial charge in [-0.2, -0.15) is 0 Å². The highest BCUT2D eigenvalue weighted by Gasteiger charge is 2.04. The number of ether oxygens (including phenoxy) is 1. The van der Waals surface area contributed by atoms with E-state index < -0.39 is 0 Å². The van der Waals surface area contributed by atoms with Crippen molar-refractivity contribution in [2.24, 2.45) is 4.99 Å². The number of aliphatic imine (C=N–C) groups is 1. The molecule has 0 atom stereocenters. The minimum atomic E-state index is -0.0604. The van der Waals surface area contributed by atoms with Gasteiger partial charge in [0.1, 0.15) is 0 Å². The predicted octanol–water partition coefficient (Wildman–Crippen LogP) is 2.16. The number of guanidine groups is 1. The molecule has 1 aromatic rings. The van der Waals surface area contributed by atoms with Gasteiger partial charge in [0.05, 0.1) is 0 Å². The number of carbonyl (C=O) groups excluding carboxylic acids is 1. The van der Waals surface area contributed by atoms with Gasteiger partial charge in [-0.1, -0.05) is 22.0 Å². The molecular formula is C17H27BrN4O2. The first kappa shape index (κ1) is 20.4. The molecule has 0 spiro atoms. The summed E-state index contributed by atoms with van der Waals surface area (Å²) in [5.41, 5.74) is 0.657. The lowest BCUT2D eigenvalue weighted by Crippen LogP contribution is -2.39. The molecule has 0 aliphatic carbocycles. The third kappa shape index (κ3) is 8.88. The lowest BCUT2D eigenvalue weighted by atomic mass is 10.2. The van der Waals surface area contributed by atoms with Crippen molar-refractivity contribution in [2.75, 3.05) is 39.9 Å². The Morgan fingerprint density at radius 2 is 1.88 bits per heavy atom. The molecule has 1 rings (SSSR count). The van der Waals surface area contributed by atoms with Crippen LogP contribution in [0.5, 0.6) is 0 Å². The van der Waals surface area contributed by atoms with Gasteiger partial charge in [0.15, 0.2) is 5.96 Å². The van der Waals surface area contributed by atoms with Gasteiger partial charge in [0, 0.05) is 49.9 Å². The first-order valence-corrected chi connectivity index (χ1v) is 9.02. The van der Waals surface area contributed by atoms with Crippen molar-refractivity contribution >= 4 is 27.8 Å². The number of hydrogen-bond donors (Lipinski definition) is 3. The Hall–Kier alpha value is -1.60. The van der Waals surface area contributed by atoms with Crippen LogP contribution in [0.2, 0.25) is 0 Å². The Morgan fingerprint density at radius 3 is 2.54 bits per heavy atom. The van der Waals surface area contributed by atoms with Crippen molar-refractivity contribution in [3.63, 3.8) is 0 Å². The molecule has 0 aliphatic rings. The maximum Gasteiger partial charge on any atom is 0.251 e. The van der Waals surface area contributed by atoms with E-state index in [0.717, 1.165) is 49.6 Å². The van der Waals surface area contributed by atoms with Gasteiger partial charge in [-0.3, -0.25) is 9.79 Å². The largest absolute Gasteiger partial charge is 0.382 e. The highest BCUT2D eigenvalue weighted by atomic mass is 79.9. The van der Waals surface area contributed by atoms with Crippen molar-refractivity contribution in [3.05, 3.63) is 34.3 Å². The zero-order valence-corrected chi connectivity index (χ0v) is 16.0. The third-order valence-electron chi connectivity index (χ3n) is 3.20. The second kappa shape index (κ2) is 12.8. The van der Waals surface area contributed by atoms with Crippen molar-refractivity contribution in [1.29, 1.82) is 0 Å². The molecule has 7 heteroatoms. The summed E-state index contributed by atoms with van der Waals surface area (Å²) in [6, 6.07) is 7.35. The summed E-state index contributed by atoms with van der Waals surface area (Å²) in [5, 5.41) is 9.36. The summed E-state index contributed by atoms with van der Waals surface area (Å²) in [4.78, 5) is 16.1. The Bertz CT molecular complexity index is 523. The highest BCUT2D eigenvalue weighted by Crippen LogP contribution is 2.11. The van der Waals surface area contributed by atoms with Crippen LogP contribution in [0.4, 0.5) is 0 Å². The van der Waals surface area contributed by atoms with Crippen LogP contribution in [0, 0.1) is 0 Å². The van der Waals surface area contributed by atoms with Crippen LogP contribution in [-0.4, -0.2) is 51.8 Å². The van der Waals surface area contributed by atoms with E-state index in [4.69, 9.17) is 4.74 Å². The number of amides is 1. The topological polar surface area (TPSA) is 74.8 Å². The second-order valence-corrected chi connectivity index (χ2v) is 6.01. The second-order valence-electron chi connectivity index (χ2n) is 5.10. The zero-order chi connectivity index (χ0) is 17.6. The van der Waals surface area contributed by atoms with Gasteiger partial charge in [0.2, 0.25) is 0 Å². The maximum atomic E-state index is 12.0. The fourth-order valence-corrected chi connectivity index (χ4v) is 2.37. The molecule has 1 amide bonds. The molecule has 0 heterocycles. The Kier molecular flexibility index (Phi) is 10.9. The summed E-state index contributed by atoms with van der Waals surface area (Å²) in [5.74, 6) is 0.708. The van der Waals surface area contributed by atoms with Crippen LogP contribution in [0.25, 0.3) is 0 Å². The van der Waals surface area contributed by atoms with E-state index in [0.29, 0.717) is 12.1 Å². The van der Waals surface area contributed by atoms with E-state index in [1.807, 2.05) is 25.1 Å². The fourth-order valence-electron chi connectivity index (χ4n) is 1.97. The molecule has 3 N–H and O–H groups in total. The van der Waals surface area contributed by atoms with E-state index in [2.05, 4.69) is 36.9 Å². The lowest BCUT2D eigenvalue weighted by Gasteiger charge is -2.12. The smallest absolute Gasteiger partial charge is 0.251 e. The van der Waals surface area contributed by atoms with Gasteiger partial charge in [-0.25, -0.2) is 0 Å². The van der Waals surface area contributed by atoms with Crippen LogP contribution < -0.4 is 16.0 Å². The van der Waals surface area contributed by atoms with Crippen LogP contribution in [0.1, 0.15) is 30.1 Å². The van der Waals surface area contributed by atoms with Crippen molar-refractivity contribution < 1.29 is 9.53 Å². The number of hydrogen-bond acceptors (Lipinski definition) is 3. The Morgan fingerprint density at radius 1 is 1.17 bits per heavy atom. The van der Waals surface area contributed by atoms with Crippen molar-refractivity contribution in [3.8, 4) is 0 Å². The molecule has 0 saturated heterocycles. The highest BCUT2D eigenvalue weighted by molar-refractivity contribution is 9.10.